The molecule has 2 aliphatic heterocycles. The third kappa shape index (κ3) is 3.66. The molecule has 1 fully saturated rings. The van der Waals surface area contributed by atoms with Gasteiger partial charge in [-0.05, 0) is 24.3 Å². The Labute approximate surface area is 172 Å². The summed E-state index contributed by atoms with van der Waals surface area (Å²) in [5, 5.41) is 11.1. The Hall–Kier alpha value is -3.62. The lowest BCUT2D eigenvalue weighted by Gasteiger charge is -2.34. The van der Waals surface area contributed by atoms with Crippen molar-refractivity contribution in [2.45, 2.75) is 18.4 Å². The van der Waals surface area contributed by atoms with Crippen LogP contribution in [-0.4, -0.2) is 53.9 Å². The highest BCUT2D eigenvalue weighted by molar-refractivity contribution is 6.01. The predicted molar refractivity (Wildman–Crippen MR) is 105 cm³/mol. The number of hydrogen-bond donors (Lipinski definition) is 0. The molecule has 1 saturated heterocycles. The van der Waals surface area contributed by atoms with Crippen LogP contribution in [0, 0.1) is 10.1 Å². The number of para-hydroxylation sites is 2. The number of likely N-dealkylation sites (tertiary alicyclic amines) is 1. The molecule has 2 aromatic rings. The second-order valence-corrected chi connectivity index (χ2v) is 7.33. The Morgan fingerprint density at radius 1 is 1.30 bits per heavy atom. The molecule has 0 aliphatic carbocycles. The number of nitro benzene ring substituents is 1. The molecule has 1 unspecified atom stereocenters. The zero-order valence-corrected chi connectivity index (χ0v) is 16.3. The number of carbonyl (C=O) groups excluding carboxylic acids is 2. The van der Waals surface area contributed by atoms with Gasteiger partial charge in [-0.1, -0.05) is 12.1 Å². The van der Waals surface area contributed by atoms with Gasteiger partial charge in [0.15, 0.2) is 18.1 Å². The third-order valence-electron chi connectivity index (χ3n) is 5.38. The van der Waals surface area contributed by atoms with Crippen LogP contribution in [0.5, 0.6) is 17.2 Å². The fourth-order valence-electron chi connectivity index (χ4n) is 3.85. The van der Waals surface area contributed by atoms with E-state index in [0.29, 0.717) is 30.0 Å². The average Bonchev–Trinajstić information content (AvgIpc) is 3.15. The SMILES string of the molecule is COc1ccc2c(c1)C(=O)CC1(CCN(C(=O)COc3ccccc3[N+](=O)[O-])C1)O2. The number of amides is 1. The topological polar surface area (TPSA) is 108 Å². The molecule has 0 saturated carbocycles. The van der Waals surface area contributed by atoms with Crippen molar-refractivity contribution in [1.29, 1.82) is 0 Å². The van der Waals surface area contributed by atoms with Crippen molar-refractivity contribution >= 4 is 17.4 Å². The second kappa shape index (κ2) is 7.66. The molecule has 9 nitrogen and oxygen atoms in total. The van der Waals surface area contributed by atoms with E-state index in [4.69, 9.17) is 14.2 Å². The molecule has 0 N–H and O–H groups in total. The van der Waals surface area contributed by atoms with E-state index in [-0.39, 0.29) is 42.7 Å². The first kappa shape index (κ1) is 19.7. The zero-order valence-electron chi connectivity index (χ0n) is 16.3. The summed E-state index contributed by atoms with van der Waals surface area (Å²) < 4.78 is 16.7. The molecule has 0 bridgehead atoms. The highest BCUT2D eigenvalue weighted by Gasteiger charge is 2.47. The van der Waals surface area contributed by atoms with E-state index in [9.17, 15) is 19.7 Å². The van der Waals surface area contributed by atoms with Gasteiger partial charge in [0, 0.05) is 19.0 Å². The highest BCUT2D eigenvalue weighted by Crippen LogP contribution is 2.40. The maximum Gasteiger partial charge on any atom is 0.310 e. The first-order chi connectivity index (χ1) is 14.4. The average molecular weight is 412 g/mol. The van der Waals surface area contributed by atoms with Gasteiger partial charge in [-0.25, -0.2) is 0 Å². The zero-order chi connectivity index (χ0) is 21.3. The maximum absolute atomic E-state index is 12.7. The summed E-state index contributed by atoms with van der Waals surface area (Å²) in [6, 6.07) is 11.0. The molecule has 9 heteroatoms. The smallest absolute Gasteiger partial charge is 0.310 e. The van der Waals surface area contributed by atoms with E-state index in [1.165, 1.54) is 25.3 Å². The molecule has 0 radical (unpaired) electrons. The van der Waals surface area contributed by atoms with Crippen molar-refractivity contribution in [2.24, 2.45) is 0 Å². The molecule has 30 heavy (non-hydrogen) atoms. The minimum Gasteiger partial charge on any atom is -0.497 e. The minimum atomic E-state index is -0.771. The van der Waals surface area contributed by atoms with Crippen molar-refractivity contribution in [2.75, 3.05) is 26.8 Å². The number of hydrogen-bond acceptors (Lipinski definition) is 7. The summed E-state index contributed by atoms with van der Waals surface area (Å²) in [6.07, 6.45) is 0.684. The standard InChI is InChI=1S/C21H20N2O7/c1-28-14-6-7-18-15(10-14)17(24)11-21(30-18)8-9-22(13-21)20(25)12-29-19-5-3-2-4-16(19)23(26)27/h2-7,10H,8-9,11-13H2,1H3. The molecule has 2 heterocycles. The number of methoxy groups -OCH3 is 1. The van der Waals surface area contributed by atoms with E-state index in [0.717, 1.165) is 0 Å². The first-order valence-corrected chi connectivity index (χ1v) is 9.45. The number of nitrogens with zero attached hydrogens (tertiary/aromatic N) is 2. The quantitative estimate of drug-likeness (QED) is 0.549. The van der Waals surface area contributed by atoms with Crippen LogP contribution in [0.3, 0.4) is 0 Å². The number of carbonyl (C=O) groups is 2. The third-order valence-corrected chi connectivity index (χ3v) is 5.38. The molecule has 4 rings (SSSR count). The van der Waals surface area contributed by atoms with E-state index < -0.39 is 10.5 Å². The number of Topliss-reactive ketones (excluding diaryl/α,β-unsaturated/α-hetero) is 1. The van der Waals surface area contributed by atoms with Gasteiger partial charge in [0.25, 0.3) is 5.91 Å². The monoisotopic (exact) mass is 412 g/mol. The van der Waals surface area contributed by atoms with Gasteiger partial charge in [0.1, 0.15) is 17.1 Å². The van der Waals surface area contributed by atoms with Gasteiger partial charge in [0.05, 0.1) is 30.6 Å². The molecular weight excluding hydrogens is 392 g/mol. The van der Waals surface area contributed by atoms with Gasteiger partial charge in [-0.15, -0.1) is 0 Å². The van der Waals surface area contributed by atoms with E-state index in [1.54, 1.807) is 29.2 Å². The number of ketones is 1. The van der Waals surface area contributed by atoms with Crippen LogP contribution in [0.2, 0.25) is 0 Å². The maximum atomic E-state index is 12.7. The van der Waals surface area contributed by atoms with Crippen LogP contribution in [0.1, 0.15) is 23.2 Å². The van der Waals surface area contributed by atoms with Gasteiger partial charge in [-0.2, -0.15) is 0 Å². The number of benzene rings is 2. The van der Waals surface area contributed by atoms with Gasteiger partial charge in [0.2, 0.25) is 0 Å². The Kier molecular flexibility index (Phi) is 5.03. The number of rotatable bonds is 5. The van der Waals surface area contributed by atoms with Crippen LogP contribution in [0.15, 0.2) is 42.5 Å². The summed E-state index contributed by atoms with van der Waals surface area (Å²) in [5.74, 6) is 0.730. The van der Waals surface area contributed by atoms with Crippen LogP contribution in [0.25, 0.3) is 0 Å². The second-order valence-electron chi connectivity index (χ2n) is 7.33. The fourth-order valence-corrected chi connectivity index (χ4v) is 3.85. The first-order valence-electron chi connectivity index (χ1n) is 9.45. The number of nitro groups is 1. The van der Waals surface area contributed by atoms with Crippen molar-refractivity contribution in [3.8, 4) is 17.2 Å². The van der Waals surface area contributed by atoms with E-state index >= 15 is 0 Å². The molecule has 2 aliphatic rings. The minimum absolute atomic E-state index is 0.0386. The molecule has 0 aromatic heterocycles. The Morgan fingerprint density at radius 3 is 2.87 bits per heavy atom. The lowest BCUT2D eigenvalue weighted by molar-refractivity contribution is -0.385. The summed E-state index contributed by atoms with van der Waals surface area (Å²) in [4.78, 5) is 37.4. The van der Waals surface area contributed by atoms with Crippen LogP contribution >= 0.6 is 0 Å². The van der Waals surface area contributed by atoms with E-state index in [2.05, 4.69) is 0 Å². The van der Waals surface area contributed by atoms with Crippen molar-refractivity contribution in [1.82, 2.24) is 4.90 Å². The summed E-state index contributed by atoms with van der Waals surface area (Å²) >= 11 is 0. The Morgan fingerprint density at radius 2 is 2.10 bits per heavy atom. The predicted octanol–water partition coefficient (Wildman–Crippen LogP) is 2.62. The fraction of sp³-hybridized carbons (Fsp3) is 0.333. The summed E-state index contributed by atoms with van der Waals surface area (Å²) in [7, 11) is 1.53. The molecule has 1 atom stereocenters. The van der Waals surface area contributed by atoms with Crippen LogP contribution < -0.4 is 14.2 Å². The van der Waals surface area contributed by atoms with Crippen LogP contribution in [-0.2, 0) is 4.79 Å². The molecule has 1 spiro atoms. The molecule has 2 aromatic carbocycles. The Balaban J connectivity index is 1.42. The largest absolute Gasteiger partial charge is 0.497 e. The summed E-state index contributed by atoms with van der Waals surface area (Å²) in [6.45, 7) is 0.337. The van der Waals surface area contributed by atoms with Crippen molar-refractivity contribution in [3.63, 3.8) is 0 Å². The molecule has 1 amide bonds. The molecular formula is C21H20N2O7. The number of ether oxygens (including phenoxy) is 3. The van der Waals surface area contributed by atoms with Crippen LogP contribution in [0.4, 0.5) is 5.69 Å². The Bertz CT molecular complexity index is 1020. The lowest BCUT2D eigenvalue weighted by atomic mass is 9.89. The summed E-state index contributed by atoms with van der Waals surface area (Å²) in [5.41, 5.74) is -0.492. The lowest BCUT2D eigenvalue weighted by Crippen LogP contribution is -2.45. The van der Waals surface area contributed by atoms with Gasteiger partial charge >= 0.3 is 5.69 Å². The van der Waals surface area contributed by atoms with Crippen molar-refractivity contribution < 1.29 is 28.7 Å². The molecule has 156 valence electrons. The van der Waals surface area contributed by atoms with Gasteiger partial charge < -0.3 is 19.1 Å². The van der Waals surface area contributed by atoms with Gasteiger partial charge in [-0.3, -0.25) is 19.7 Å². The number of fused-ring (bicyclic) bond motifs is 1. The normalized spacial score (nSPS) is 19.9. The highest BCUT2D eigenvalue weighted by atomic mass is 16.6. The van der Waals surface area contributed by atoms with Crippen molar-refractivity contribution in [3.05, 3.63) is 58.1 Å². The van der Waals surface area contributed by atoms with E-state index in [1.807, 2.05) is 0 Å².